The lowest BCUT2D eigenvalue weighted by Crippen LogP contribution is -2.21. The van der Waals surface area contributed by atoms with Gasteiger partial charge in [-0.15, -0.1) is 0 Å². The normalized spacial score (nSPS) is 12.9. The van der Waals surface area contributed by atoms with Crippen molar-refractivity contribution in [3.63, 3.8) is 0 Å². The first-order valence-electron chi connectivity index (χ1n) is 5.41. The molecule has 3 amide bonds. The smallest absolute Gasteiger partial charge is 0.261 e. The highest BCUT2D eigenvalue weighted by atomic mass is 32.2. The van der Waals surface area contributed by atoms with Crippen LogP contribution in [-0.2, 0) is 9.59 Å². The topological polar surface area (TPSA) is 92.3 Å². The molecule has 1 aromatic carbocycles. The van der Waals surface area contributed by atoms with E-state index in [4.69, 9.17) is 0 Å². The molecule has 0 radical (unpaired) electrons. The third-order valence-corrected chi connectivity index (χ3v) is 3.26. The molecule has 1 aliphatic rings. The molecule has 1 heterocycles. The maximum Gasteiger partial charge on any atom is 0.261 e. The fourth-order valence-corrected chi connectivity index (χ4v) is 2.08. The number of thioether (sulfide) groups is 1. The second-order valence-corrected chi connectivity index (χ2v) is 4.99. The van der Waals surface area contributed by atoms with Crippen LogP contribution in [0.3, 0.4) is 0 Å². The van der Waals surface area contributed by atoms with E-state index in [1.54, 1.807) is 6.07 Å². The van der Waals surface area contributed by atoms with Crippen molar-refractivity contribution >= 4 is 40.3 Å². The molecule has 0 unspecified atom stereocenters. The molecule has 2 rings (SSSR count). The number of carbonyl (C=O) groups is 4. The minimum atomic E-state index is -0.532. The lowest BCUT2D eigenvalue weighted by Gasteiger charge is -2.07. The van der Waals surface area contributed by atoms with Gasteiger partial charge in [0.15, 0.2) is 5.12 Å². The predicted molar refractivity (Wildman–Crippen MR) is 70.0 cm³/mol. The molecule has 7 heteroatoms. The van der Waals surface area contributed by atoms with Crippen LogP contribution in [0.5, 0.6) is 0 Å². The van der Waals surface area contributed by atoms with Crippen molar-refractivity contribution in [2.45, 2.75) is 6.92 Å². The summed E-state index contributed by atoms with van der Waals surface area (Å²) in [6.07, 6.45) is 0. The maximum absolute atomic E-state index is 11.6. The van der Waals surface area contributed by atoms with Crippen LogP contribution < -0.4 is 10.6 Å². The molecule has 0 saturated heterocycles. The number of hydrogen-bond acceptors (Lipinski definition) is 5. The zero-order valence-electron chi connectivity index (χ0n) is 9.98. The summed E-state index contributed by atoms with van der Waals surface area (Å²) in [5.74, 6) is -1.45. The van der Waals surface area contributed by atoms with Crippen LogP contribution in [0, 0.1) is 0 Å². The van der Waals surface area contributed by atoms with Gasteiger partial charge in [0.1, 0.15) is 0 Å². The first kappa shape index (κ1) is 13.3. The zero-order chi connectivity index (χ0) is 14.0. The Labute approximate surface area is 112 Å². The number of fused-ring (bicyclic) bond motifs is 1. The summed E-state index contributed by atoms with van der Waals surface area (Å²) in [6, 6.07) is 4.62. The molecule has 0 bridgehead atoms. The summed E-state index contributed by atoms with van der Waals surface area (Å²) in [4.78, 5) is 45.4. The Morgan fingerprint density at radius 3 is 2.68 bits per heavy atom. The number of hydrogen-bond donors (Lipinski definition) is 2. The highest BCUT2D eigenvalue weighted by Crippen LogP contribution is 2.24. The number of amides is 3. The van der Waals surface area contributed by atoms with Crippen molar-refractivity contribution in [3.05, 3.63) is 29.3 Å². The predicted octanol–water partition coefficient (Wildman–Crippen LogP) is 0.788. The number of rotatable bonds is 3. The highest BCUT2D eigenvalue weighted by molar-refractivity contribution is 8.14. The molecular formula is C12H10N2O4S. The van der Waals surface area contributed by atoms with Gasteiger partial charge in [0.2, 0.25) is 5.91 Å². The van der Waals surface area contributed by atoms with Crippen molar-refractivity contribution in [1.29, 1.82) is 0 Å². The molecule has 0 fully saturated rings. The Kier molecular flexibility index (Phi) is 3.66. The first-order chi connectivity index (χ1) is 8.99. The van der Waals surface area contributed by atoms with Gasteiger partial charge < -0.3 is 5.32 Å². The Hall–Kier alpha value is -2.15. The number of benzene rings is 1. The molecule has 1 aromatic rings. The molecular weight excluding hydrogens is 268 g/mol. The minimum Gasteiger partial charge on any atom is -0.325 e. The molecule has 1 aliphatic heterocycles. The average molecular weight is 278 g/mol. The lowest BCUT2D eigenvalue weighted by molar-refractivity contribution is -0.114. The van der Waals surface area contributed by atoms with Crippen LogP contribution in [-0.4, -0.2) is 28.6 Å². The molecule has 6 nitrogen and oxygen atoms in total. The highest BCUT2D eigenvalue weighted by Gasteiger charge is 2.29. The number of imide groups is 1. The van der Waals surface area contributed by atoms with Crippen LogP contribution in [0.4, 0.5) is 5.69 Å². The standard InChI is InChI=1S/C12H10N2O4S/c1-6(15)19-5-9(16)13-8-4-2-3-7-10(8)12(18)14-11(7)17/h2-4H,5H2,1H3,(H,13,16)(H,14,17,18). The molecule has 98 valence electrons. The second-order valence-electron chi connectivity index (χ2n) is 3.84. The van der Waals surface area contributed by atoms with Gasteiger partial charge in [0.05, 0.1) is 22.6 Å². The van der Waals surface area contributed by atoms with Crippen molar-refractivity contribution in [1.82, 2.24) is 5.32 Å². The van der Waals surface area contributed by atoms with E-state index in [0.29, 0.717) is 0 Å². The molecule has 0 aliphatic carbocycles. The summed E-state index contributed by atoms with van der Waals surface area (Å²) in [5, 5.41) is 4.52. The largest absolute Gasteiger partial charge is 0.325 e. The Bertz CT molecular complexity index is 597. The second kappa shape index (κ2) is 5.23. The van der Waals surface area contributed by atoms with E-state index in [-0.39, 0.29) is 27.7 Å². The van der Waals surface area contributed by atoms with Crippen molar-refractivity contribution < 1.29 is 19.2 Å². The van der Waals surface area contributed by atoms with E-state index in [2.05, 4.69) is 10.6 Å². The third-order valence-electron chi connectivity index (χ3n) is 2.44. The van der Waals surface area contributed by atoms with Crippen LogP contribution in [0.25, 0.3) is 0 Å². The zero-order valence-corrected chi connectivity index (χ0v) is 10.8. The monoisotopic (exact) mass is 278 g/mol. The summed E-state index contributed by atoms with van der Waals surface area (Å²) < 4.78 is 0. The van der Waals surface area contributed by atoms with Gasteiger partial charge in [-0.1, -0.05) is 17.8 Å². The first-order valence-corrected chi connectivity index (χ1v) is 6.39. The molecule has 0 aromatic heterocycles. The van der Waals surface area contributed by atoms with Crippen LogP contribution in [0.15, 0.2) is 18.2 Å². The van der Waals surface area contributed by atoms with E-state index < -0.39 is 17.7 Å². The summed E-state index contributed by atoms with van der Waals surface area (Å²) in [5.41, 5.74) is 0.672. The van der Waals surface area contributed by atoms with Gasteiger partial charge >= 0.3 is 0 Å². The third kappa shape index (κ3) is 2.82. The van der Waals surface area contributed by atoms with Gasteiger partial charge in [-0.25, -0.2) is 0 Å². The van der Waals surface area contributed by atoms with Crippen LogP contribution >= 0.6 is 11.8 Å². The van der Waals surface area contributed by atoms with E-state index in [9.17, 15) is 19.2 Å². The Morgan fingerprint density at radius 1 is 1.26 bits per heavy atom. The SMILES string of the molecule is CC(=O)SCC(=O)Nc1cccc2c1C(=O)NC2=O. The molecule has 0 saturated carbocycles. The number of carbonyl (C=O) groups excluding carboxylic acids is 4. The number of nitrogens with one attached hydrogen (secondary N) is 2. The minimum absolute atomic E-state index is 0.0332. The lowest BCUT2D eigenvalue weighted by atomic mass is 10.1. The van der Waals surface area contributed by atoms with Crippen LogP contribution in [0.2, 0.25) is 0 Å². The van der Waals surface area contributed by atoms with E-state index >= 15 is 0 Å². The van der Waals surface area contributed by atoms with Gasteiger partial charge in [0.25, 0.3) is 11.8 Å². The molecule has 0 spiro atoms. The van der Waals surface area contributed by atoms with E-state index in [1.165, 1.54) is 19.1 Å². The fourth-order valence-electron chi connectivity index (χ4n) is 1.68. The van der Waals surface area contributed by atoms with Crippen molar-refractivity contribution in [2.75, 3.05) is 11.1 Å². The van der Waals surface area contributed by atoms with Crippen molar-refractivity contribution in [2.24, 2.45) is 0 Å². The Balaban J connectivity index is 2.19. The fraction of sp³-hybridized carbons (Fsp3) is 0.167. The number of anilines is 1. The maximum atomic E-state index is 11.6. The van der Waals surface area contributed by atoms with Gasteiger partial charge in [-0.3, -0.25) is 24.5 Å². The van der Waals surface area contributed by atoms with Crippen molar-refractivity contribution in [3.8, 4) is 0 Å². The quantitative estimate of drug-likeness (QED) is 0.797. The molecule has 0 atom stereocenters. The van der Waals surface area contributed by atoms with Gasteiger partial charge in [-0.2, -0.15) is 0 Å². The summed E-state index contributed by atoms with van der Waals surface area (Å²) in [7, 11) is 0. The average Bonchev–Trinajstić information content (AvgIpc) is 2.64. The van der Waals surface area contributed by atoms with E-state index in [0.717, 1.165) is 11.8 Å². The summed E-state index contributed by atoms with van der Waals surface area (Å²) >= 11 is 0.875. The molecule has 2 N–H and O–H groups in total. The Morgan fingerprint density at radius 2 is 2.00 bits per heavy atom. The molecule has 19 heavy (non-hydrogen) atoms. The van der Waals surface area contributed by atoms with Crippen LogP contribution in [0.1, 0.15) is 27.6 Å². The summed E-state index contributed by atoms with van der Waals surface area (Å²) in [6.45, 7) is 1.37. The van der Waals surface area contributed by atoms with E-state index in [1.807, 2.05) is 0 Å². The van der Waals surface area contributed by atoms with Gasteiger partial charge in [-0.05, 0) is 12.1 Å². The van der Waals surface area contributed by atoms with Gasteiger partial charge in [0, 0.05) is 6.92 Å².